The number of nitrogen functional groups attached to an aromatic ring is 1. The Labute approximate surface area is 624 Å². The molecule has 35 heteroatoms. The van der Waals surface area contributed by atoms with Crippen molar-refractivity contribution in [2.75, 3.05) is 21.7 Å². The minimum Gasteiger partial charge on any atom is -0.472 e. The number of anilines is 4. The Bertz CT molecular complexity index is 5890. The number of carbonyl (C=O) groups excluding carboxylic acids is 3. The molecule has 0 fully saturated rings. The van der Waals surface area contributed by atoms with Crippen molar-refractivity contribution < 1.29 is 102 Å². The number of rotatable bonds is 14. The number of nitrogens with one attached hydrogen (secondary N) is 3. The van der Waals surface area contributed by atoms with Crippen LogP contribution in [0.4, 0.5) is 102 Å². The van der Waals surface area contributed by atoms with Gasteiger partial charge in [-0.25, -0.2) is 13.2 Å². The van der Waals surface area contributed by atoms with E-state index in [0.717, 1.165) is 95.5 Å². The number of amides is 3. The van der Waals surface area contributed by atoms with E-state index >= 15 is 0 Å². The zero-order valence-corrected chi connectivity index (χ0v) is 57.3. The first-order chi connectivity index (χ1) is 53.5. The Morgan fingerprint density at radius 1 is 0.345 bits per heavy atom. The fourth-order valence-corrected chi connectivity index (χ4v) is 11.4. The Kier molecular flexibility index (Phi) is 22.4. The molecule has 0 aliphatic carbocycles. The maximum Gasteiger partial charge on any atom is 0.416 e. The molecule has 3 amide bonds. The first-order valence-corrected chi connectivity index (χ1v) is 33.0. The Morgan fingerprint density at radius 3 is 1.05 bits per heavy atom. The summed E-state index contributed by atoms with van der Waals surface area (Å²) in [5.74, 6) is -4.09. The second-order valence-electron chi connectivity index (χ2n) is 24.8. The molecule has 6 heterocycles. The van der Waals surface area contributed by atoms with Gasteiger partial charge >= 0.3 is 30.9 Å². The molecular formula is C78H52F18N12O5. The highest BCUT2D eigenvalue weighted by molar-refractivity contribution is 6.10. The number of nitrogens with zero attached hydrogens (tertiary/aromatic N) is 8. The van der Waals surface area contributed by atoms with E-state index < -0.39 is 87.7 Å². The lowest BCUT2D eigenvalue weighted by atomic mass is 10.1. The number of benzene rings is 9. The van der Waals surface area contributed by atoms with Crippen LogP contribution in [0.3, 0.4) is 0 Å². The Hall–Kier alpha value is -13.6. The maximum absolute atomic E-state index is 13.9. The molecule has 0 saturated carbocycles. The van der Waals surface area contributed by atoms with Crippen LogP contribution in [0.5, 0.6) is 0 Å². The van der Waals surface area contributed by atoms with Gasteiger partial charge < -0.3 is 30.5 Å². The molecule has 0 spiro atoms. The molecule has 0 saturated heterocycles. The van der Waals surface area contributed by atoms with E-state index in [2.05, 4.69) is 36.3 Å². The SMILES string of the molecule is Nc1nn(Cc2ccc(C(F)(F)F)cc2)c2ccc(C(F)(F)F)cc12.O=C(Nc1nn(Cc2ccc(C(F)(F)F)cc2)c2ccc(C(F)(F)F)cc12)c1ccoc1.O=C(Nc1nn(Cc2ccc(C(F)(F)F)cc2)c2ccccc12)c1cccc(F)c1F.O=C(Nc1nn(Cc2ccc(F)cc2)c2ccccc12)c1ccoc1. The van der Waals surface area contributed by atoms with Crippen LogP contribution < -0.4 is 21.7 Å². The summed E-state index contributed by atoms with van der Waals surface area (Å²) in [5.41, 5.74) is 6.19. The van der Waals surface area contributed by atoms with Crippen molar-refractivity contribution in [1.29, 1.82) is 0 Å². The van der Waals surface area contributed by atoms with Crippen LogP contribution in [0.15, 0.2) is 246 Å². The fourth-order valence-electron chi connectivity index (χ4n) is 11.4. The Balaban J connectivity index is 0.000000140. The highest BCUT2D eigenvalue weighted by Gasteiger charge is 2.35. The molecule has 580 valence electrons. The number of para-hydroxylation sites is 2. The number of hydrogen-bond donors (Lipinski definition) is 4. The average Bonchev–Trinajstić information content (AvgIpc) is 1.64. The van der Waals surface area contributed by atoms with Crippen LogP contribution in [-0.4, -0.2) is 56.8 Å². The summed E-state index contributed by atoms with van der Waals surface area (Å²) in [5, 5.41) is 26.3. The molecule has 15 rings (SSSR count). The van der Waals surface area contributed by atoms with Crippen molar-refractivity contribution in [2.45, 2.75) is 57.1 Å². The average molecular weight is 1580 g/mol. The molecule has 15 aromatic rings. The third-order valence-corrected chi connectivity index (χ3v) is 17.0. The lowest BCUT2D eigenvalue weighted by molar-refractivity contribution is -0.138. The molecule has 0 unspecified atom stereocenters. The second-order valence-corrected chi connectivity index (χ2v) is 24.8. The summed E-state index contributed by atoms with van der Waals surface area (Å²) < 4.78 is 248. The van der Waals surface area contributed by atoms with Gasteiger partial charge in [-0.2, -0.15) is 86.3 Å². The zero-order chi connectivity index (χ0) is 80.9. The largest absolute Gasteiger partial charge is 0.472 e. The third-order valence-electron chi connectivity index (χ3n) is 17.0. The monoisotopic (exact) mass is 1580 g/mol. The van der Waals surface area contributed by atoms with Crippen LogP contribution in [0.25, 0.3) is 43.6 Å². The molecule has 0 radical (unpaired) electrons. The first kappa shape index (κ1) is 78.9. The van der Waals surface area contributed by atoms with Crippen LogP contribution in [0.1, 0.15) is 81.1 Å². The van der Waals surface area contributed by atoms with E-state index in [4.69, 9.17) is 14.6 Å². The van der Waals surface area contributed by atoms with Gasteiger partial charge in [0.2, 0.25) is 0 Å². The summed E-state index contributed by atoms with van der Waals surface area (Å²) in [6.45, 7) is 0.671. The van der Waals surface area contributed by atoms with Gasteiger partial charge in [-0.05, 0) is 156 Å². The summed E-state index contributed by atoms with van der Waals surface area (Å²) in [4.78, 5) is 37.1. The molecule has 6 aromatic heterocycles. The van der Waals surface area contributed by atoms with Gasteiger partial charge in [-0.1, -0.05) is 78.9 Å². The van der Waals surface area contributed by atoms with Crippen molar-refractivity contribution in [3.8, 4) is 0 Å². The number of nitrogens with two attached hydrogens (primary N) is 1. The third kappa shape index (κ3) is 18.8. The van der Waals surface area contributed by atoms with Crippen LogP contribution in [0, 0.1) is 17.5 Å². The van der Waals surface area contributed by atoms with E-state index in [-0.39, 0.29) is 70.7 Å². The van der Waals surface area contributed by atoms with E-state index in [1.807, 2.05) is 24.3 Å². The Morgan fingerprint density at radius 2 is 0.673 bits per heavy atom. The molecule has 113 heavy (non-hydrogen) atoms. The summed E-state index contributed by atoms with van der Waals surface area (Å²) in [7, 11) is 0. The van der Waals surface area contributed by atoms with Gasteiger partial charge in [0.15, 0.2) is 34.9 Å². The molecule has 0 aliphatic heterocycles. The van der Waals surface area contributed by atoms with Crippen molar-refractivity contribution in [1.82, 2.24) is 39.1 Å². The first-order valence-electron chi connectivity index (χ1n) is 33.0. The van der Waals surface area contributed by atoms with Crippen molar-refractivity contribution >= 4 is 84.6 Å². The van der Waals surface area contributed by atoms with E-state index in [0.29, 0.717) is 51.0 Å². The van der Waals surface area contributed by atoms with Gasteiger partial charge in [0.05, 0.1) is 105 Å². The molecule has 0 bridgehead atoms. The molecule has 0 aliphatic rings. The van der Waals surface area contributed by atoms with Crippen molar-refractivity contribution in [2.24, 2.45) is 0 Å². The molecular weight excluding hydrogens is 1530 g/mol. The number of alkyl halides is 15. The number of fused-ring (bicyclic) bond motifs is 4. The maximum atomic E-state index is 13.9. The van der Waals surface area contributed by atoms with E-state index in [1.165, 1.54) is 106 Å². The minimum absolute atomic E-state index is 0.0262. The highest BCUT2D eigenvalue weighted by atomic mass is 19.4. The van der Waals surface area contributed by atoms with E-state index in [9.17, 15) is 93.4 Å². The second kappa shape index (κ2) is 32.1. The van der Waals surface area contributed by atoms with Crippen LogP contribution in [-0.2, 0) is 57.1 Å². The van der Waals surface area contributed by atoms with Crippen molar-refractivity contribution in [3.05, 3.63) is 322 Å². The van der Waals surface area contributed by atoms with Gasteiger partial charge in [-0.15, -0.1) is 0 Å². The molecule has 9 aromatic carbocycles. The molecule has 0 atom stereocenters. The van der Waals surface area contributed by atoms with Crippen LogP contribution >= 0.6 is 0 Å². The number of hydrogen-bond acceptors (Lipinski definition) is 10. The predicted octanol–water partition coefficient (Wildman–Crippen LogP) is 20.4. The fraction of sp³-hybridized carbons (Fsp3) is 0.115. The normalized spacial score (nSPS) is 11.9. The van der Waals surface area contributed by atoms with Gasteiger partial charge in [0.25, 0.3) is 17.7 Å². The van der Waals surface area contributed by atoms with Gasteiger partial charge in [0.1, 0.15) is 18.3 Å². The predicted molar refractivity (Wildman–Crippen MR) is 378 cm³/mol. The number of halogens is 18. The lowest BCUT2D eigenvalue weighted by Crippen LogP contribution is -2.15. The van der Waals surface area contributed by atoms with Gasteiger partial charge in [0, 0.05) is 21.5 Å². The number of aromatic nitrogens is 8. The smallest absolute Gasteiger partial charge is 0.416 e. The van der Waals surface area contributed by atoms with Crippen molar-refractivity contribution in [3.63, 3.8) is 0 Å². The summed E-state index contributed by atoms with van der Waals surface area (Å²) >= 11 is 0. The summed E-state index contributed by atoms with van der Waals surface area (Å²) in [6, 6.07) is 46.4. The van der Waals surface area contributed by atoms with Crippen LogP contribution in [0.2, 0.25) is 0 Å². The standard InChI is InChI=1S/C22H14F5N3O.C21H13F6N3O2.C19H14FN3O2.C16H11F6N3/c23-17-6-3-5-16(19(17)24)21(31)28-20-15-4-1-2-7-18(15)30(29-20)12-13-8-10-14(11-9-13)22(25,26)27;22-20(23,24)14-3-1-12(2-4-14)10-30-17-6-5-15(21(25,26)27)9-16(17)18(29-30)28-19(31)13-7-8-32-11-13;20-15-7-5-13(6-8-15)11-23-17-4-2-1-3-16(17)18(22-23)21-19(24)14-9-10-25-12-14;17-15(18,19)10-3-1-9(2-4-10)8-25-13-6-5-11(16(20,21)22)7-12(13)14(23)24-25/h1-11H,12H2,(H,28,29,31);1-9,11H,10H2,(H,28,29,31);1-10,12H,11H2,(H,21,22,24);1-7H,8H2,(H2,23,24). The zero-order valence-electron chi connectivity index (χ0n) is 57.3. The quantitative estimate of drug-likeness (QED) is 0.0757. The van der Waals surface area contributed by atoms with Gasteiger partial charge in [-0.3, -0.25) is 33.1 Å². The molecule has 17 nitrogen and oxygen atoms in total. The number of furan rings is 2. The summed E-state index contributed by atoms with van der Waals surface area (Å²) in [6.07, 6.45) is -17.2. The topological polar surface area (TPSA) is 211 Å². The highest BCUT2D eigenvalue weighted by Crippen LogP contribution is 2.38. The minimum atomic E-state index is -4.62. The lowest BCUT2D eigenvalue weighted by Gasteiger charge is -2.09. The molecule has 5 N–H and O–H groups in total. The van der Waals surface area contributed by atoms with E-state index in [1.54, 1.807) is 47.1 Å². The number of carbonyl (C=O) groups is 3.